The monoisotopic (exact) mass is 353 g/mol. The van der Waals surface area contributed by atoms with E-state index >= 15 is 0 Å². The number of aromatic nitrogens is 4. The Kier molecular flexibility index (Phi) is 5.16. The second-order valence-electron chi connectivity index (χ2n) is 5.12. The predicted octanol–water partition coefficient (Wildman–Crippen LogP) is 2.18. The van der Waals surface area contributed by atoms with E-state index in [0.717, 1.165) is 22.6 Å². The third kappa shape index (κ3) is 4.03. The van der Waals surface area contributed by atoms with Crippen LogP contribution in [-0.4, -0.2) is 37.6 Å². The lowest BCUT2D eigenvalue weighted by molar-refractivity contribution is -0.121. The summed E-state index contributed by atoms with van der Waals surface area (Å²) in [6.07, 6.45) is 1.18. The molecule has 3 rings (SSSR count). The van der Waals surface area contributed by atoms with Gasteiger partial charge in [0.1, 0.15) is 5.82 Å². The van der Waals surface area contributed by atoms with Gasteiger partial charge >= 0.3 is 0 Å². The smallest absolute Gasteiger partial charge is 0.221 e. The predicted molar refractivity (Wildman–Crippen MR) is 86.8 cm³/mol. The van der Waals surface area contributed by atoms with Gasteiger partial charge in [0, 0.05) is 29.9 Å². The molecular formula is C14H16FN5OS2. The number of thioether (sulfide) groups is 2. The summed E-state index contributed by atoms with van der Waals surface area (Å²) in [5.41, 5.74) is 0.875. The van der Waals surface area contributed by atoms with E-state index in [2.05, 4.69) is 20.8 Å². The third-order valence-electron chi connectivity index (χ3n) is 3.49. The van der Waals surface area contributed by atoms with Crippen LogP contribution in [0.3, 0.4) is 0 Å². The first-order chi connectivity index (χ1) is 11.1. The van der Waals surface area contributed by atoms with Gasteiger partial charge in [-0.25, -0.2) is 9.07 Å². The summed E-state index contributed by atoms with van der Waals surface area (Å²) in [6, 6.07) is 4.65. The lowest BCUT2D eigenvalue weighted by atomic mass is 10.0. The molecular weight excluding hydrogens is 337 g/mol. The van der Waals surface area contributed by atoms with E-state index in [1.807, 2.05) is 0 Å². The molecule has 0 saturated carbocycles. The van der Waals surface area contributed by atoms with Gasteiger partial charge in [-0.2, -0.15) is 0 Å². The van der Waals surface area contributed by atoms with E-state index in [1.54, 1.807) is 29.6 Å². The number of carbonyl (C=O) groups excluding carboxylic acids is 1. The fourth-order valence-electron chi connectivity index (χ4n) is 2.36. The highest BCUT2D eigenvalue weighted by Crippen LogP contribution is 2.36. The Hall–Kier alpha value is -1.61. The summed E-state index contributed by atoms with van der Waals surface area (Å²) < 4.78 is 15.0. The second-order valence-corrected chi connectivity index (χ2v) is 7.32. The van der Waals surface area contributed by atoms with Crippen LogP contribution < -0.4 is 5.32 Å². The van der Waals surface area contributed by atoms with Gasteiger partial charge < -0.3 is 5.32 Å². The van der Waals surface area contributed by atoms with Crippen LogP contribution in [0.4, 0.5) is 4.39 Å². The Morgan fingerprint density at radius 2 is 2.43 bits per heavy atom. The molecule has 2 aromatic rings. The first-order valence-electron chi connectivity index (χ1n) is 7.20. The van der Waals surface area contributed by atoms with Gasteiger partial charge in [-0.3, -0.25) is 4.79 Å². The molecule has 0 fully saturated rings. The summed E-state index contributed by atoms with van der Waals surface area (Å²) in [7, 11) is 1.76. The standard InChI is InChI=1S/C14H16FN5OS2/c1-20-14(17-18-19-20)23-7-5-13(21)16-11-4-6-22-12-3-2-9(15)8-10(11)12/h2-3,8,11H,4-7H2,1H3,(H,16,21). The first-order valence-corrected chi connectivity index (χ1v) is 9.17. The summed E-state index contributed by atoms with van der Waals surface area (Å²) >= 11 is 3.13. The van der Waals surface area contributed by atoms with Gasteiger partial charge in [0.25, 0.3) is 0 Å². The van der Waals surface area contributed by atoms with Gasteiger partial charge in [0.05, 0.1) is 6.04 Å². The number of hydrogen-bond donors (Lipinski definition) is 1. The van der Waals surface area contributed by atoms with Crippen molar-refractivity contribution in [3.05, 3.63) is 29.6 Å². The number of nitrogens with one attached hydrogen (secondary N) is 1. The molecule has 1 N–H and O–H groups in total. The molecule has 0 bridgehead atoms. The van der Waals surface area contributed by atoms with Crippen molar-refractivity contribution in [3.63, 3.8) is 0 Å². The Balaban J connectivity index is 1.55. The van der Waals surface area contributed by atoms with Gasteiger partial charge in [0.2, 0.25) is 11.1 Å². The number of tetrazole rings is 1. The van der Waals surface area contributed by atoms with Crippen molar-refractivity contribution < 1.29 is 9.18 Å². The van der Waals surface area contributed by atoms with Crippen molar-refractivity contribution >= 4 is 29.4 Å². The van der Waals surface area contributed by atoms with Crippen LogP contribution in [0.15, 0.2) is 28.3 Å². The van der Waals surface area contributed by atoms with E-state index in [0.29, 0.717) is 17.3 Å². The number of nitrogens with zero attached hydrogens (tertiary/aromatic N) is 4. The highest BCUT2D eigenvalue weighted by molar-refractivity contribution is 7.99. The van der Waals surface area contributed by atoms with Crippen molar-refractivity contribution in [2.45, 2.75) is 28.9 Å². The van der Waals surface area contributed by atoms with Crippen molar-refractivity contribution in [1.29, 1.82) is 0 Å². The van der Waals surface area contributed by atoms with Crippen molar-refractivity contribution in [2.24, 2.45) is 7.05 Å². The molecule has 1 atom stereocenters. The molecule has 1 aliphatic heterocycles. The van der Waals surface area contributed by atoms with Gasteiger partial charge in [-0.05, 0) is 40.6 Å². The van der Waals surface area contributed by atoms with Crippen LogP contribution in [0.5, 0.6) is 0 Å². The lowest BCUT2D eigenvalue weighted by Crippen LogP contribution is -2.30. The maximum Gasteiger partial charge on any atom is 0.221 e. The average Bonchev–Trinajstić information content (AvgIpc) is 2.93. The molecule has 2 heterocycles. The van der Waals surface area contributed by atoms with Gasteiger partial charge in [0.15, 0.2) is 0 Å². The highest BCUT2D eigenvalue weighted by atomic mass is 32.2. The van der Waals surface area contributed by atoms with Crippen LogP contribution in [0, 0.1) is 5.82 Å². The van der Waals surface area contributed by atoms with E-state index in [-0.39, 0.29) is 17.8 Å². The topological polar surface area (TPSA) is 72.7 Å². The summed E-state index contributed by atoms with van der Waals surface area (Å²) in [4.78, 5) is 13.2. The number of hydrogen-bond acceptors (Lipinski definition) is 6. The van der Waals surface area contributed by atoms with Gasteiger partial charge in [-0.15, -0.1) is 16.9 Å². The lowest BCUT2D eigenvalue weighted by Gasteiger charge is -2.26. The van der Waals surface area contributed by atoms with E-state index in [9.17, 15) is 9.18 Å². The molecule has 0 radical (unpaired) electrons. The summed E-state index contributed by atoms with van der Waals surface area (Å²) in [5.74, 6) is 1.20. The molecule has 1 unspecified atom stereocenters. The molecule has 23 heavy (non-hydrogen) atoms. The Morgan fingerprint density at radius 1 is 1.57 bits per heavy atom. The number of rotatable bonds is 5. The maximum absolute atomic E-state index is 13.5. The number of amides is 1. The molecule has 122 valence electrons. The van der Waals surface area contributed by atoms with E-state index < -0.39 is 0 Å². The first kappa shape index (κ1) is 16.3. The number of halogens is 1. The van der Waals surface area contributed by atoms with E-state index in [4.69, 9.17) is 0 Å². The SMILES string of the molecule is Cn1nnnc1SCCC(=O)NC1CCSc2ccc(F)cc21. The molecule has 9 heteroatoms. The number of carbonyl (C=O) groups is 1. The molecule has 1 aliphatic rings. The number of fused-ring (bicyclic) bond motifs is 1. The average molecular weight is 353 g/mol. The zero-order valence-corrected chi connectivity index (χ0v) is 14.2. The minimum atomic E-state index is -0.268. The maximum atomic E-state index is 13.5. The third-order valence-corrected chi connectivity index (χ3v) is 5.62. The summed E-state index contributed by atoms with van der Waals surface area (Å²) in [6.45, 7) is 0. The molecule has 0 spiro atoms. The zero-order valence-electron chi connectivity index (χ0n) is 12.5. The second kappa shape index (κ2) is 7.31. The van der Waals surface area contributed by atoms with Crippen molar-refractivity contribution in [2.75, 3.05) is 11.5 Å². The molecule has 0 aliphatic carbocycles. The fraction of sp³-hybridized carbons (Fsp3) is 0.429. The van der Waals surface area contributed by atoms with Gasteiger partial charge in [-0.1, -0.05) is 11.8 Å². The van der Waals surface area contributed by atoms with Crippen molar-refractivity contribution in [3.8, 4) is 0 Å². The minimum absolute atomic E-state index is 0.0419. The largest absolute Gasteiger partial charge is 0.349 e. The number of aryl methyl sites for hydroxylation is 1. The zero-order chi connectivity index (χ0) is 16.2. The highest BCUT2D eigenvalue weighted by Gasteiger charge is 2.22. The van der Waals surface area contributed by atoms with Crippen LogP contribution in [0.25, 0.3) is 0 Å². The number of benzene rings is 1. The van der Waals surface area contributed by atoms with E-state index in [1.165, 1.54) is 23.9 Å². The quantitative estimate of drug-likeness (QED) is 0.831. The summed E-state index contributed by atoms with van der Waals surface area (Å²) in [5, 5.41) is 14.8. The Labute approximate surface area is 141 Å². The Morgan fingerprint density at radius 3 is 3.22 bits per heavy atom. The Bertz CT molecular complexity index is 708. The fourth-order valence-corrected chi connectivity index (χ4v) is 4.25. The molecule has 1 aromatic carbocycles. The molecule has 6 nitrogen and oxygen atoms in total. The normalized spacial score (nSPS) is 16.9. The molecule has 1 amide bonds. The van der Waals surface area contributed by atoms with Crippen LogP contribution >= 0.6 is 23.5 Å². The van der Waals surface area contributed by atoms with Crippen LogP contribution in [0.1, 0.15) is 24.4 Å². The van der Waals surface area contributed by atoms with Crippen LogP contribution in [0.2, 0.25) is 0 Å². The van der Waals surface area contributed by atoms with Crippen molar-refractivity contribution in [1.82, 2.24) is 25.5 Å². The molecule has 0 saturated heterocycles. The minimum Gasteiger partial charge on any atom is -0.349 e. The van der Waals surface area contributed by atoms with Crippen LogP contribution in [-0.2, 0) is 11.8 Å². The molecule has 1 aromatic heterocycles.